The van der Waals surface area contributed by atoms with Gasteiger partial charge in [-0.15, -0.1) is 0 Å². The molecule has 1 atom stereocenters. The average Bonchev–Trinajstić information content (AvgIpc) is 3.34. The fourth-order valence-corrected chi connectivity index (χ4v) is 2.31. The summed E-state index contributed by atoms with van der Waals surface area (Å²) >= 11 is 0. The molecule has 1 aliphatic rings. The summed E-state index contributed by atoms with van der Waals surface area (Å²) in [7, 11) is 0. The van der Waals surface area contributed by atoms with Crippen LogP contribution in [0.2, 0.25) is 0 Å². The summed E-state index contributed by atoms with van der Waals surface area (Å²) < 4.78 is 19.6. The molecule has 2 aromatic carbocycles. The number of ether oxygens (including phenoxy) is 1. The van der Waals surface area contributed by atoms with Gasteiger partial charge in [0.15, 0.2) is 0 Å². The van der Waals surface area contributed by atoms with Crippen LogP contribution in [0.15, 0.2) is 54.6 Å². The second kappa shape index (κ2) is 6.83. The van der Waals surface area contributed by atoms with Gasteiger partial charge in [0.25, 0.3) is 0 Å². The molecule has 0 amide bonds. The van der Waals surface area contributed by atoms with Gasteiger partial charge in [-0.1, -0.05) is 48.5 Å². The van der Waals surface area contributed by atoms with Crippen LogP contribution in [-0.2, 0) is 11.3 Å². The predicted octanol–water partition coefficient (Wildman–Crippen LogP) is 3.84. The first kappa shape index (κ1) is 14.2. The molecule has 2 aromatic rings. The van der Waals surface area contributed by atoms with Gasteiger partial charge in [-0.25, -0.2) is 4.39 Å². The molecule has 1 fully saturated rings. The summed E-state index contributed by atoms with van der Waals surface area (Å²) in [6.45, 7) is 1.06. The lowest BCUT2D eigenvalue weighted by molar-refractivity contribution is 0.0380. The Bertz CT molecular complexity index is 568. The fourth-order valence-electron chi connectivity index (χ4n) is 2.31. The van der Waals surface area contributed by atoms with E-state index >= 15 is 0 Å². The summed E-state index contributed by atoms with van der Waals surface area (Å²) in [4.78, 5) is 0. The van der Waals surface area contributed by atoms with Crippen molar-refractivity contribution in [3.05, 3.63) is 71.5 Å². The third-order valence-corrected chi connectivity index (χ3v) is 3.74. The Morgan fingerprint density at radius 1 is 1.05 bits per heavy atom. The van der Waals surface area contributed by atoms with Gasteiger partial charge in [0.2, 0.25) is 0 Å². The molecule has 2 nitrogen and oxygen atoms in total. The van der Waals surface area contributed by atoms with Crippen LogP contribution < -0.4 is 5.32 Å². The van der Waals surface area contributed by atoms with Crippen LogP contribution in [0.4, 0.5) is 4.39 Å². The van der Waals surface area contributed by atoms with Crippen molar-refractivity contribution in [2.24, 2.45) is 0 Å². The Hall–Kier alpha value is -1.71. The lowest BCUT2D eigenvalue weighted by atomic mass is 10.1. The van der Waals surface area contributed by atoms with Crippen LogP contribution in [0.25, 0.3) is 0 Å². The topological polar surface area (TPSA) is 21.3 Å². The molecule has 3 rings (SSSR count). The van der Waals surface area contributed by atoms with Crippen molar-refractivity contribution >= 4 is 0 Å². The normalized spacial score (nSPS) is 15.9. The van der Waals surface area contributed by atoms with Crippen LogP contribution in [0.1, 0.15) is 30.1 Å². The molecule has 0 aromatic heterocycles. The first-order valence-electron chi connectivity index (χ1n) is 7.46. The van der Waals surface area contributed by atoms with Gasteiger partial charge >= 0.3 is 0 Å². The SMILES string of the molecule is Fc1ccccc1COC(CNC1CC1)c1ccccc1. The van der Waals surface area contributed by atoms with E-state index < -0.39 is 0 Å². The molecule has 21 heavy (non-hydrogen) atoms. The Labute approximate surface area is 125 Å². The van der Waals surface area contributed by atoms with Crippen LogP contribution in [0, 0.1) is 5.82 Å². The quantitative estimate of drug-likeness (QED) is 0.834. The van der Waals surface area contributed by atoms with Crippen molar-refractivity contribution in [3.8, 4) is 0 Å². The van der Waals surface area contributed by atoms with Gasteiger partial charge in [0.05, 0.1) is 12.7 Å². The third-order valence-electron chi connectivity index (χ3n) is 3.74. The van der Waals surface area contributed by atoms with E-state index in [-0.39, 0.29) is 11.9 Å². The number of hydrogen-bond acceptors (Lipinski definition) is 2. The zero-order valence-electron chi connectivity index (χ0n) is 12.0. The molecule has 1 N–H and O–H groups in total. The molecule has 0 aliphatic heterocycles. The zero-order valence-corrected chi connectivity index (χ0v) is 12.0. The summed E-state index contributed by atoms with van der Waals surface area (Å²) in [6.07, 6.45) is 2.44. The minimum Gasteiger partial charge on any atom is -0.367 e. The van der Waals surface area contributed by atoms with E-state index in [0.29, 0.717) is 18.2 Å². The average molecular weight is 285 g/mol. The third kappa shape index (κ3) is 4.13. The zero-order chi connectivity index (χ0) is 14.5. The van der Waals surface area contributed by atoms with Crippen molar-refractivity contribution in [2.45, 2.75) is 31.6 Å². The van der Waals surface area contributed by atoms with E-state index in [9.17, 15) is 4.39 Å². The van der Waals surface area contributed by atoms with Gasteiger partial charge in [0.1, 0.15) is 5.82 Å². The molecule has 3 heteroatoms. The van der Waals surface area contributed by atoms with E-state index in [0.717, 1.165) is 12.1 Å². The highest BCUT2D eigenvalue weighted by Crippen LogP contribution is 2.23. The highest BCUT2D eigenvalue weighted by molar-refractivity contribution is 5.19. The molecule has 110 valence electrons. The standard InChI is InChI=1S/C18H20FNO/c19-17-9-5-4-8-15(17)13-21-18(12-20-16-10-11-16)14-6-2-1-3-7-14/h1-9,16,18,20H,10-13H2. The van der Waals surface area contributed by atoms with Crippen molar-refractivity contribution in [3.63, 3.8) is 0 Å². The maximum atomic E-state index is 13.7. The van der Waals surface area contributed by atoms with Gasteiger partial charge < -0.3 is 10.1 Å². The Morgan fingerprint density at radius 3 is 2.48 bits per heavy atom. The van der Waals surface area contributed by atoms with Crippen LogP contribution in [-0.4, -0.2) is 12.6 Å². The number of nitrogens with one attached hydrogen (secondary N) is 1. The summed E-state index contributed by atoms with van der Waals surface area (Å²) in [6, 6.07) is 17.5. The lowest BCUT2D eigenvalue weighted by Gasteiger charge is -2.19. The lowest BCUT2D eigenvalue weighted by Crippen LogP contribution is -2.25. The van der Waals surface area contributed by atoms with Crippen LogP contribution >= 0.6 is 0 Å². The van der Waals surface area contributed by atoms with Crippen molar-refractivity contribution in [1.82, 2.24) is 5.32 Å². The maximum Gasteiger partial charge on any atom is 0.128 e. The molecule has 0 spiro atoms. The number of hydrogen-bond donors (Lipinski definition) is 1. The Morgan fingerprint density at radius 2 is 1.76 bits per heavy atom. The maximum absolute atomic E-state index is 13.7. The highest BCUT2D eigenvalue weighted by Gasteiger charge is 2.22. The summed E-state index contributed by atoms with van der Waals surface area (Å²) in [5, 5.41) is 3.49. The molecule has 1 unspecified atom stereocenters. The van der Waals surface area contributed by atoms with Crippen LogP contribution in [0.5, 0.6) is 0 Å². The largest absolute Gasteiger partial charge is 0.367 e. The molecule has 0 bridgehead atoms. The van der Waals surface area contributed by atoms with Crippen molar-refractivity contribution in [2.75, 3.05) is 6.54 Å². The number of halogens is 1. The number of benzene rings is 2. The monoisotopic (exact) mass is 285 g/mol. The molecule has 0 saturated heterocycles. The molecule has 0 heterocycles. The first-order chi connectivity index (χ1) is 10.3. The van der Waals surface area contributed by atoms with Gasteiger partial charge in [-0.2, -0.15) is 0 Å². The summed E-state index contributed by atoms with van der Waals surface area (Å²) in [5.41, 5.74) is 1.73. The molecular weight excluding hydrogens is 265 g/mol. The molecular formula is C18H20FNO. The van der Waals surface area contributed by atoms with Crippen LogP contribution in [0.3, 0.4) is 0 Å². The molecule has 1 saturated carbocycles. The Kier molecular flexibility index (Phi) is 4.63. The second-order valence-electron chi connectivity index (χ2n) is 5.48. The van der Waals surface area contributed by atoms with Crippen molar-refractivity contribution in [1.29, 1.82) is 0 Å². The van der Waals surface area contributed by atoms with E-state index in [2.05, 4.69) is 17.4 Å². The molecule has 1 aliphatic carbocycles. The number of rotatable bonds is 7. The first-order valence-corrected chi connectivity index (χ1v) is 7.46. The van der Waals surface area contributed by atoms with Gasteiger partial charge in [-0.05, 0) is 24.5 Å². The fraction of sp³-hybridized carbons (Fsp3) is 0.333. The predicted molar refractivity (Wildman–Crippen MR) is 81.4 cm³/mol. The van der Waals surface area contributed by atoms with Gasteiger partial charge in [0, 0.05) is 18.2 Å². The highest BCUT2D eigenvalue weighted by atomic mass is 19.1. The van der Waals surface area contributed by atoms with Gasteiger partial charge in [-0.3, -0.25) is 0 Å². The van der Waals surface area contributed by atoms with E-state index in [1.165, 1.54) is 18.9 Å². The summed E-state index contributed by atoms with van der Waals surface area (Å²) in [5.74, 6) is -0.209. The van der Waals surface area contributed by atoms with Crippen molar-refractivity contribution < 1.29 is 9.13 Å². The van der Waals surface area contributed by atoms with E-state index in [1.807, 2.05) is 24.3 Å². The van der Waals surface area contributed by atoms with E-state index in [4.69, 9.17) is 4.74 Å². The smallest absolute Gasteiger partial charge is 0.128 e. The Balaban J connectivity index is 1.65. The molecule has 0 radical (unpaired) electrons. The van der Waals surface area contributed by atoms with E-state index in [1.54, 1.807) is 12.1 Å². The second-order valence-corrected chi connectivity index (χ2v) is 5.48. The minimum absolute atomic E-state index is 0.0496. The minimum atomic E-state index is -0.209.